The van der Waals surface area contributed by atoms with Crippen LogP contribution in [0.4, 0.5) is 13.2 Å². The Morgan fingerprint density at radius 2 is 1.77 bits per heavy atom. The summed E-state index contributed by atoms with van der Waals surface area (Å²) in [6, 6.07) is 8.03. The van der Waals surface area contributed by atoms with Crippen LogP contribution >= 0.6 is 0 Å². The molecule has 5 nitrogen and oxygen atoms in total. The van der Waals surface area contributed by atoms with E-state index in [-0.39, 0.29) is 5.91 Å². The number of amides is 1. The van der Waals surface area contributed by atoms with Crippen LogP contribution in [0.1, 0.15) is 49.7 Å². The maximum atomic E-state index is 13.3. The fraction of sp³-hybridized carbons (Fsp3) is 0.545. The van der Waals surface area contributed by atoms with Crippen molar-refractivity contribution in [3.8, 4) is 11.3 Å². The number of carbonyl (C=O) groups is 1. The lowest BCUT2D eigenvalue weighted by Crippen LogP contribution is -2.36. The predicted octanol–water partition coefficient (Wildman–Crippen LogP) is 4.78. The maximum Gasteiger partial charge on any atom is 0.435 e. The SMILES string of the molecule is CCCN(CCn1nc(C(F)(F)F)cc1-c1ccc(C(=O)N(C)C)cc1)C(C)CC. The molecule has 1 aromatic carbocycles. The molecule has 0 aliphatic heterocycles. The third-order valence-corrected chi connectivity index (χ3v) is 5.23. The fourth-order valence-corrected chi connectivity index (χ4v) is 3.32. The summed E-state index contributed by atoms with van der Waals surface area (Å²) in [5, 5.41) is 3.85. The Kier molecular flexibility index (Phi) is 8.06. The number of hydrogen-bond acceptors (Lipinski definition) is 3. The van der Waals surface area contributed by atoms with Gasteiger partial charge < -0.3 is 4.90 Å². The summed E-state index contributed by atoms with van der Waals surface area (Å²) in [7, 11) is 3.31. The summed E-state index contributed by atoms with van der Waals surface area (Å²) in [6.45, 7) is 8.18. The summed E-state index contributed by atoms with van der Waals surface area (Å²) in [4.78, 5) is 15.8. The van der Waals surface area contributed by atoms with Gasteiger partial charge in [0.15, 0.2) is 5.69 Å². The van der Waals surface area contributed by atoms with Crippen LogP contribution in [0.15, 0.2) is 30.3 Å². The van der Waals surface area contributed by atoms with Crippen molar-refractivity contribution < 1.29 is 18.0 Å². The molecule has 1 heterocycles. The van der Waals surface area contributed by atoms with Crippen molar-refractivity contribution in [2.75, 3.05) is 27.2 Å². The van der Waals surface area contributed by atoms with Gasteiger partial charge in [-0.15, -0.1) is 0 Å². The molecule has 30 heavy (non-hydrogen) atoms. The van der Waals surface area contributed by atoms with E-state index in [1.54, 1.807) is 38.4 Å². The first kappa shape index (κ1) is 23.9. The van der Waals surface area contributed by atoms with Crippen LogP contribution in [0.3, 0.4) is 0 Å². The standard InChI is InChI=1S/C22H31F3N4O/c1-6-12-28(16(3)7-2)13-14-29-19(15-20(26-29)22(23,24)25)17-8-10-18(11-9-17)21(30)27(4)5/h8-11,15-16H,6-7,12-14H2,1-5H3. The van der Waals surface area contributed by atoms with Gasteiger partial charge in [0.25, 0.3) is 5.91 Å². The minimum Gasteiger partial charge on any atom is -0.345 e. The van der Waals surface area contributed by atoms with E-state index in [0.717, 1.165) is 25.5 Å². The lowest BCUT2D eigenvalue weighted by atomic mass is 10.1. The molecular formula is C22H31F3N4O. The number of halogens is 3. The Morgan fingerprint density at radius 1 is 1.13 bits per heavy atom. The first-order valence-corrected chi connectivity index (χ1v) is 10.3. The normalized spacial score (nSPS) is 13.0. The molecule has 0 radical (unpaired) electrons. The molecule has 1 aromatic heterocycles. The molecule has 0 N–H and O–H groups in total. The molecule has 2 rings (SSSR count). The van der Waals surface area contributed by atoms with Gasteiger partial charge in [-0.3, -0.25) is 14.4 Å². The van der Waals surface area contributed by atoms with Crippen LogP contribution in [0.25, 0.3) is 11.3 Å². The van der Waals surface area contributed by atoms with Crippen LogP contribution in [-0.2, 0) is 12.7 Å². The van der Waals surface area contributed by atoms with Gasteiger partial charge in [-0.25, -0.2) is 0 Å². The Hall–Kier alpha value is -2.35. The Bertz CT molecular complexity index is 828. The van der Waals surface area contributed by atoms with Crippen LogP contribution < -0.4 is 0 Å². The number of hydrogen-bond donors (Lipinski definition) is 0. The van der Waals surface area contributed by atoms with Crippen molar-refractivity contribution in [3.05, 3.63) is 41.6 Å². The minimum atomic E-state index is -4.51. The first-order chi connectivity index (χ1) is 14.1. The quantitative estimate of drug-likeness (QED) is 0.582. The zero-order valence-corrected chi connectivity index (χ0v) is 18.3. The summed E-state index contributed by atoms with van der Waals surface area (Å²) >= 11 is 0. The molecule has 2 aromatic rings. The zero-order chi connectivity index (χ0) is 22.5. The number of nitrogens with zero attached hydrogens (tertiary/aromatic N) is 4. The Labute approximate surface area is 176 Å². The van der Waals surface area contributed by atoms with Crippen molar-refractivity contribution >= 4 is 5.91 Å². The number of alkyl halides is 3. The Morgan fingerprint density at radius 3 is 2.27 bits per heavy atom. The highest BCUT2D eigenvalue weighted by atomic mass is 19.4. The molecule has 0 saturated heterocycles. The zero-order valence-electron chi connectivity index (χ0n) is 18.3. The van der Waals surface area contributed by atoms with Crippen LogP contribution in [0.2, 0.25) is 0 Å². The highest BCUT2D eigenvalue weighted by Gasteiger charge is 2.35. The molecule has 1 unspecified atom stereocenters. The van der Waals surface area contributed by atoms with Gasteiger partial charge in [0, 0.05) is 32.2 Å². The van der Waals surface area contributed by atoms with Gasteiger partial charge in [-0.05, 0) is 50.1 Å². The number of rotatable bonds is 9. The van der Waals surface area contributed by atoms with Gasteiger partial charge in [0.1, 0.15) is 0 Å². The average molecular weight is 425 g/mol. The second kappa shape index (κ2) is 10.1. The molecule has 0 aliphatic rings. The fourth-order valence-electron chi connectivity index (χ4n) is 3.32. The molecule has 0 saturated carbocycles. The van der Waals surface area contributed by atoms with E-state index in [1.807, 2.05) is 0 Å². The lowest BCUT2D eigenvalue weighted by Gasteiger charge is -2.28. The van der Waals surface area contributed by atoms with Crippen molar-refractivity contribution in [2.45, 2.75) is 52.4 Å². The number of benzene rings is 1. The third kappa shape index (κ3) is 5.84. The van der Waals surface area contributed by atoms with Crippen molar-refractivity contribution in [1.29, 1.82) is 0 Å². The second-order valence-electron chi connectivity index (χ2n) is 7.71. The summed E-state index contributed by atoms with van der Waals surface area (Å²) < 4.78 is 41.4. The number of aromatic nitrogens is 2. The minimum absolute atomic E-state index is 0.158. The maximum absolute atomic E-state index is 13.3. The van der Waals surface area contributed by atoms with Crippen LogP contribution in [0, 0.1) is 0 Å². The van der Waals surface area contributed by atoms with E-state index >= 15 is 0 Å². The van der Waals surface area contributed by atoms with Gasteiger partial charge in [0.2, 0.25) is 0 Å². The topological polar surface area (TPSA) is 41.4 Å². The highest BCUT2D eigenvalue weighted by Crippen LogP contribution is 2.32. The summed E-state index contributed by atoms with van der Waals surface area (Å²) in [5.41, 5.74) is 0.568. The van der Waals surface area contributed by atoms with Gasteiger partial charge in [-0.2, -0.15) is 18.3 Å². The monoisotopic (exact) mass is 424 g/mol. The van der Waals surface area contributed by atoms with Crippen LogP contribution in [-0.4, -0.2) is 58.7 Å². The van der Waals surface area contributed by atoms with Gasteiger partial charge >= 0.3 is 6.18 Å². The molecule has 1 amide bonds. The first-order valence-electron chi connectivity index (χ1n) is 10.3. The van der Waals surface area contributed by atoms with E-state index in [9.17, 15) is 18.0 Å². The molecular weight excluding hydrogens is 393 g/mol. The van der Waals surface area contributed by atoms with Gasteiger partial charge in [0.05, 0.1) is 12.2 Å². The summed E-state index contributed by atoms with van der Waals surface area (Å²) in [5.74, 6) is -0.158. The van der Waals surface area contributed by atoms with Crippen LogP contribution in [0.5, 0.6) is 0 Å². The molecule has 0 spiro atoms. The predicted molar refractivity (Wildman–Crippen MR) is 112 cm³/mol. The molecule has 0 bridgehead atoms. The van der Waals surface area contributed by atoms with Crippen molar-refractivity contribution in [2.24, 2.45) is 0 Å². The number of carbonyl (C=O) groups excluding carboxylic acids is 1. The molecule has 166 valence electrons. The summed E-state index contributed by atoms with van der Waals surface area (Å²) in [6.07, 6.45) is -2.56. The molecule has 8 heteroatoms. The average Bonchev–Trinajstić information content (AvgIpc) is 3.14. The van der Waals surface area contributed by atoms with E-state index in [4.69, 9.17) is 0 Å². The third-order valence-electron chi connectivity index (χ3n) is 5.23. The van der Waals surface area contributed by atoms with E-state index in [2.05, 4.69) is 30.8 Å². The second-order valence-corrected chi connectivity index (χ2v) is 7.71. The Balaban J connectivity index is 2.34. The smallest absolute Gasteiger partial charge is 0.345 e. The van der Waals surface area contributed by atoms with E-state index in [0.29, 0.717) is 36.0 Å². The lowest BCUT2D eigenvalue weighted by molar-refractivity contribution is -0.141. The largest absolute Gasteiger partial charge is 0.435 e. The highest BCUT2D eigenvalue weighted by molar-refractivity contribution is 5.94. The van der Waals surface area contributed by atoms with E-state index in [1.165, 1.54) is 9.58 Å². The van der Waals surface area contributed by atoms with E-state index < -0.39 is 11.9 Å². The molecule has 0 fully saturated rings. The van der Waals surface area contributed by atoms with Crippen molar-refractivity contribution in [3.63, 3.8) is 0 Å². The van der Waals surface area contributed by atoms with Crippen molar-refractivity contribution in [1.82, 2.24) is 19.6 Å². The van der Waals surface area contributed by atoms with Gasteiger partial charge in [-0.1, -0.05) is 26.0 Å². The molecule has 0 aliphatic carbocycles. The molecule has 1 atom stereocenters.